The average molecular weight is 508 g/mol. The fraction of sp³-hybridized carbons (Fsp3) is 0. The second kappa shape index (κ2) is 8.72. The van der Waals surface area contributed by atoms with Crippen LogP contribution in [0.3, 0.4) is 0 Å². The van der Waals surface area contributed by atoms with E-state index in [-0.39, 0.29) is 69.3 Å². The van der Waals surface area contributed by atoms with Crippen LogP contribution in [0.2, 0.25) is 0 Å². The van der Waals surface area contributed by atoms with E-state index in [4.69, 9.17) is 16.8 Å². The van der Waals surface area contributed by atoms with Gasteiger partial charge in [-0.2, -0.15) is 0 Å². The maximum atomic E-state index is 9.75. The third-order valence-corrected chi connectivity index (χ3v) is 7.06. The van der Waals surface area contributed by atoms with Gasteiger partial charge in [0.05, 0.1) is 15.1 Å². The zero-order valence-electron chi connectivity index (χ0n) is 31.4. The quantitative estimate of drug-likeness (QED) is 0.217. The molecule has 0 aliphatic rings. The first-order chi connectivity index (χ1) is 24.0. The first-order valence-electron chi connectivity index (χ1n) is 18.0. The number of hydrogen-bond donors (Lipinski definition) is 0. The van der Waals surface area contributed by atoms with E-state index >= 15 is 0 Å². The Morgan fingerprint density at radius 1 is 0.436 bits per heavy atom. The molecule has 0 fully saturated rings. The van der Waals surface area contributed by atoms with Crippen LogP contribution in [0.4, 0.5) is 0 Å². The molecule has 0 aliphatic heterocycles. The van der Waals surface area contributed by atoms with Gasteiger partial charge in [-0.3, -0.25) is 0 Å². The molecule has 39 heavy (non-hydrogen) atoms. The highest BCUT2D eigenvalue weighted by atomic mass is 16.3. The summed E-state index contributed by atoms with van der Waals surface area (Å²) in [6.07, 6.45) is 0. The van der Waals surface area contributed by atoms with Gasteiger partial charge in [-0.15, -0.1) is 0 Å². The van der Waals surface area contributed by atoms with Crippen molar-refractivity contribution in [1.82, 2.24) is 0 Å². The minimum atomic E-state index is -0.501. The highest BCUT2D eigenvalue weighted by Gasteiger charge is 2.20. The molecule has 8 aromatic rings. The zero-order valence-corrected chi connectivity index (χ0v) is 20.4. The Balaban J connectivity index is 1.63. The summed E-state index contributed by atoms with van der Waals surface area (Å²) in [4.78, 5) is 0. The molecule has 0 unspecified atom stereocenters. The minimum Gasteiger partial charge on any atom is -0.455 e. The molecule has 1 nitrogen and oxygen atoms in total. The summed E-state index contributed by atoms with van der Waals surface area (Å²) in [5, 5.41) is 2.38. The number of benzene rings is 7. The van der Waals surface area contributed by atoms with Crippen molar-refractivity contribution >= 4 is 43.5 Å². The molecule has 1 heterocycles. The van der Waals surface area contributed by atoms with Crippen LogP contribution in [-0.4, -0.2) is 0 Å². The summed E-state index contributed by atoms with van der Waals surface area (Å²) in [5.41, 5.74) is 2.00. The number of rotatable bonds is 3. The van der Waals surface area contributed by atoms with Crippen LogP contribution in [0, 0.1) is 0 Å². The van der Waals surface area contributed by atoms with Crippen LogP contribution in [0.25, 0.3) is 76.9 Å². The van der Waals surface area contributed by atoms with Gasteiger partial charge in [-0.1, -0.05) is 127 Å². The van der Waals surface area contributed by atoms with Gasteiger partial charge in [0.15, 0.2) is 0 Å². The SMILES string of the molecule is [2H]c1c([2H])c([2H])c(-c2c3ccccc3c(-c3c([2H])c(-c4ccccc4)c4oc5c([2H])c([2H])c([2H])c([2H])c5c4c3[2H])c3ccccc23)c([2H])c1[2H]. The Hall–Kier alpha value is -5.14. The number of fused-ring (bicyclic) bond motifs is 5. The third-order valence-electron chi connectivity index (χ3n) is 7.06. The maximum absolute atomic E-state index is 9.75. The predicted octanol–water partition coefficient (Wildman–Crippen LogP) is 10.9. The molecule has 0 atom stereocenters. The molecule has 0 N–H and O–H groups in total. The topological polar surface area (TPSA) is 13.1 Å². The van der Waals surface area contributed by atoms with Crippen LogP contribution in [0.1, 0.15) is 15.1 Å². The summed E-state index contributed by atoms with van der Waals surface area (Å²) in [7, 11) is 0. The fourth-order valence-corrected chi connectivity index (χ4v) is 5.43. The van der Waals surface area contributed by atoms with Crippen molar-refractivity contribution in [2.24, 2.45) is 0 Å². The molecule has 7 aromatic carbocycles. The molecule has 0 radical (unpaired) electrons. The van der Waals surface area contributed by atoms with E-state index in [1.54, 1.807) is 72.8 Å². The van der Waals surface area contributed by atoms with Gasteiger partial charge >= 0.3 is 0 Å². The molecule has 8 rings (SSSR count). The van der Waals surface area contributed by atoms with Gasteiger partial charge in [0, 0.05) is 16.3 Å². The molecular weight excluding hydrogens is 472 g/mol. The lowest BCUT2D eigenvalue weighted by molar-refractivity contribution is 0.670. The predicted molar refractivity (Wildman–Crippen MR) is 165 cm³/mol. The molecule has 182 valence electrons. The lowest BCUT2D eigenvalue weighted by atomic mass is 9.85. The van der Waals surface area contributed by atoms with Crippen molar-refractivity contribution in [3.63, 3.8) is 0 Å². The van der Waals surface area contributed by atoms with E-state index in [2.05, 4.69) is 0 Å². The van der Waals surface area contributed by atoms with Gasteiger partial charge in [0.1, 0.15) is 11.2 Å². The zero-order chi connectivity index (χ0) is 35.3. The van der Waals surface area contributed by atoms with Crippen LogP contribution in [0.15, 0.2) is 150 Å². The van der Waals surface area contributed by atoms with Crippen LogP contribution < -0.4 is 0 Å². The number of furan rings is 1. The Kier molecular flexibility index (Phi) is 3.04. The molecule has 0 bridgehead atoms. The molecular formula is C38H24O. The highest BCUT2D eigenvalue weighted by molar-refractivity contribution is 6.22. The lowest BCUT2D eigenvalue weighted by Gasteiger charge is -2.18. The van der Waals surface area contributed by atoms with E-state index in [9.17, 15) is 2.74 Å². The minimum absolute atomic E-state index is 0.0318. The summed E-state index contributed by atoms with van der Waals surface area (Å²) < 4.78 is 103. The van der Waals surface area contributed by atoms with Crippen LogP contribution in [0.5, 0.6) is 0 Å². The van der Waals surface area contributed by atoms with E-state index in [0.717, 1.165) is 0 Å². The van der Waals surface area contributed by atoms with E-state index in [1.165, 1.54) is 0 Å². The Morgan fingerprint density at radius 3 is 1.67 bits per heavy atom. The molecule has 0 aliphatic carbocycles. The maximum Gasteiger partial charge on any atom is 0.143 e. The molecule has 0 spiro atoms. The van der Waals surface area contributed by atoms with Gasteiger partial charge in [-0.05, 0) is 67.5 Å². The summed E-state index contributed by atoms with van der Waals surface area (Å²) in [5.74, 6) is 0. The molecule has 0 saturated heterocycles. The van der Waals surface area contributed by atoms with Gasteiger partial charge in [0.25, 0.3) is 0 Å². The van der Waals surface area contributed by atoms with Crippen molar-refractivity contribution < 1.29 is 19.5 Å². The van der Waals surface area contributed by atoms with E-state index in [1.807, 2.05) is 6.07 Å². The molecule has 0 saturated carbocycles. The second-order valence-corrected chi connectivity index (χ2v) is 9.22. The number of hydrogen-bond acceptors (Lipinski definition) is 1. The summed E-state index contributed by atoms with van der Waals surface area (Å²) in [6, 6.07) is 19.3. The van der Waals surface area contributed by atoms with Crippen LogP contribution in [-0.2, 0) is 0 Å². The van der Waals surface area contributed by atoms with Gasteiger partial charge in [0.2, 0.25) is 0 Å². The van der Waals surface area contributed by atoms with Crippen molar-refractivity contribution in [2.75, 3.05) is 0 Å². The Bertz CT molecular complexity index is 2680. The van der Waals surface area contributed by atoms with Crippen LogP contribution >= 0.6 is 0 Å². The normalized spacial score (nSPS) is 15.5. The first kappa shape index (κ1) is 13.6. The molecule has 1 aromatic heterocycles. The van der Waals surface area contributed by atoms with Gasteiger partial charge in [-0.25, -0.2) is 0 Å². The highest BCUT2D eigenvalue weighted by Crippen LogP contribution is 2.46. The standard InChI is InChI=1S/C38H24O/c1-3-13-25(14-4-1)33-23-27(24-34-28-17-11-12-22-35(28)39-38(33)34)37-31-20-9-7-18-29(31)36(26-15-5-2-6-16-26)30-19-8-10-21-32(30)37/h1-24H/i2D,5D,6D,11D,12D,15D,16D,17D,22D,23D,24D. The first-order valence-corrected chi connectivity index (χ1v) is 12.5. The average Bonchev–Trinajstić information content (AvgIpc) is 3.53. The Morgan fingerprint density at radius 2 is 1.00 bits per heavy atom. The van der Waals surface area contributed by atoms with Crippen molar-refractivity contribution in [3.05, 3.63) is 145 Å². The smallest absolute Gasteiger partial charge is 0.143 e. The van der Waals surface area contributed by atoms with Crippen molar-refractivity contribution in [3.8, 4) is 33.4 Å². The second-order valence-electron chi connectivity index (χ2n) is 9.22. The van der Waals surface area contributed by atoms with E-state index in [0.29, 0.717) is 43.8 Å². The van der Waals surface area contributed by atoms with Crippen molar-refractivity contribution in [1.29, 1.82) is 0 Å². The van der Waals surface area contributed by atoms with Crippen molar-refractivity contribution in [2.45, 2.75) is 0 Å². The molecule has 0 amide bonds. The van der Waals surface area contributed by atoms with E-state index < -0.39 is 30.2 Å². The fourth-order valence-electron chi connectivity index (χ4n) is 5.43. The monoisotopic (exact) mass is 507 g/mol. The summed E-state index contributed by atoms with van der Waals surface area (Å²) in [6.45, 7) is 0. The van der Waals surface area contributed by atoms with Gasteiger partial charge < -0.3 is 4.42 Å². The molecule has 1 heteroatoms. The largest absolute Gasteiger partial charge is 0.455 e. The number of para-hydroxylation sites is 1. The Labute approximate surface area is 242 Å². The third kappa shape index (κ3) is 3.41. The lowest BCUT2D eigenvalue weighted by Crippen LogP contribution is -1.91. The summed E-state index contributed by atoms with van der Waals surface area (Å²) >= 11 is 0.